The Morgan fingerprint density at radius 2 is 1.41 bits per heavy atom. The van der Waals surface area contributed by atoms with Gasteiger partial charge in [-0.25, -0.2) is 0 Å². The van der Waals surface area contributed by atoms with Crippen LogP contribution in [0, 0.1) is 0 Å². The van der Waals surface area contributed by atoms with Crippen LogP contribution in [-0.4, -0.2) is 20.1 Å². The van der Waals surface area contributed by atoms with E-state index in [4.69, 9.17) is 4.74 Å². The zero-order valence-electron chi connectivity index (χ0n) is 13.4. The third-order valence-electron chi connectivity index (χ3n) is 4.70. The van der Waals surface area contributed by atoms with Gasteiger partial charge in [0.05, 0.1) is 0 Å². The number of hydrogen-bond acceptors (Lipinski definition) is 2. The normalized spacial score (nSPS) is 21.9. The van der Waals surface area contributed by atoms with Crippen LogP contribution in [-0.2, 0) is 4.74 Å². The first-order chi connectivity index (χ1) is 10.2. The molecule has 1 aliphatic heterocycles. The van der Waals surface area contributed by atoms with E-state index >= 15 is 0 Å². The van der Waals surface area contributed by atoms with Crippen molar-refractivity contribution in [2.75, 3.05) is 6.61 Å². The fourth-order valence-electron chi connectivity index (χ4n) is 3.31. The van der Waals surface area contributed by atoms with E-state index in [2.05, 4.69) is 30.8 Å². The molecule has 0 bridgehead atoms. The summed E-state index contributed by atoms with van der Waals surface area (Å²) < 4.78 is 5.85. The molecule has 1 saturated heterocycles. The first-order valence-electron chi connectivity index (χ1n) is 7.62. The van der Waals surface area contributed by atoms with Gasteiger partial charge in [0.15, 0.2) is 0 Å². The molecule has 0 saturated carbocycles. The van der Waals surface area contributed by atoms with E-state index in [9.17, 15) is 5.11 Å². The van der Waals surface area contributed by atoms with Crippen molar-refractivity contribution in [3.63, 3.8) is 0 Å². The van der Waals surface area contributed by atoms with E-state index in [1.165, 1.54) is 0 Å². The summed E-state index contributed by atoms with van der Waals surface area (Å²) in [4.78, 5) is 0. The van der Waals surface area contributed by atoms with Gasteiger partial charge in [0.1, 0.15) is 8.07 Å². The quantitative estimate of drug-likeness (QED) is 0.657. The second-order valence-corrected chi connectivity index (χ2v) is 10.1. The molecule has 0 amide bonds. The molecule has 1 atom stereocenters. The third-order valence-corrected chi connectivity index (χ3v) is 9.59. The van der Waals surface area contributed by atoms with Gasteiger partial charge in [-0.2, -0.15) is 0 Å². The molecule has 0 N–H and O–H groups in total. The molecule has 0 aliphatic carbocycles. The van der Waals surface area contributed by atoms with Gasteiger partial charge in [0.2, 0.25) is 0 Å². The summed E-state index contributed by atoms with van der Waals surface area (Å²) in [5.74, 6) is 0. The van der Waals surface area contributed by atoms with Crippen molar-refractivity contribution in [3.8, 4) is 0 Å². The van der Waals surface area contributed by atoms with Crippen LogP contribution < -0.4 is 45.0 Å². The molecule has 1 fully saturated rings. The molecule has 0 spiro atoms. The maximum Gasteiger partial charge on any atom is 1.00 e. The third kappa shape index (κ3) is 3.11. The van der Waals surface area contributed by atoms with Gasteiger partial charge in [-0.1, -0.05) is 77.6 Å². The van der Waals surface area contributed by atoms with E-state index in [-0.39, 0.29) is 29.6 Å². The summed E-state index contributed by atoms with van der Waals surface area (Å²) in [6.45, 7) is 2.75. The Kier molecular flexibility index (Phi) is 6.05. The monoisotopic (exact) mass is 320 g/mol. The Hall–Kier alpha value is -0.423. The van der Waals surface area contributed by atoms with E-state index < -0.39 is 13.5 Å². The first-order valence-corrected chi connectivity index (χ1v) is 10.1. The Morgan fingerprint density at radius 3 is 1.82 bits per heavy atom. The van der Waals surface area contributed by atoms with Gasteiger partial charge in [0, 0.05) is 6.61 Å². The van der Waals surface area contributed by atoms with Gasteiger partial charge in [0.25, 0.3) is 0 Å². The fourth-order valence-corrected chi connectivity index (χ4v) is 7.31. The molecular weight excluding hydrogens is 299 g/mol. The topological polar surface area (TPSA) is 32.3 Å². The number of benzene rings is 2. The summed E-state index contributed by atoms with van der Waals surface area (Å²) >= 11 is 0. The average molecular weight is 320 g/mol. The first kappa shape index (κ1) is 17.9. The van der Waals surface area contributed by atoms with Gasteiger partial charge < -0.3 is 9.84 Å². The van der Waals surface area contributed by atoms with E-state index in [0.29, 0.717) is 13.0 Å². The van der Waals surface area contributed by atoms with Crippen LogP contribution in [0.5, 0.6) is 0 Å². The smallest absolute Gasteiger partial charge is 0.830 e. The molecule has 4 heteroatoms. The van der Waals surface area contributed by atoms with Gasteiger partial charge >= 0.3 is 29.6 Å². The predicted molar refractivity (Wildman–Crippen MR) is 86.3 cm³/mol. The molecular formula is C18H21NaO2Si. The van der Waals surface area contributed by atoms with Crippen molar-refractivity contribution in [1.82, 2.24) is 0 Å². The van der Waals surface area contributed by atoms with Crippen molar-refractivity contribution in [2.24, 2.45) is 0 Å². The van der Waals surface area contributed by atoms with Crippen LogP contribution in [0.4, 0.5) is 0 Å². The summed E-state index contributed by atoms with van der Waals surface area (Å²) in [6, 6.07) is 20.5. The second-order valence-electron chi connectivity index (χ2n) is 5.92. The Bertz CT molecular complexity index is 543. The molecule has 1 heterocycles. The molecule has 0 aromatic heterocycles. The van der Waals surface area contributed by atoms with E-state index in [1.54, 1.807) is 0 Å². The minimum absolute atomic E-state index is 0. The molecule has 2 aromatic rings. The fraction of sp³-hybridized carbons (Fsp3) is 0.333. The minimum atomic E-state index is -2.50. The SMILES string of the molecule is C[Si](c1ccccc1)(c1ccccc1)C1([O-])CCCCO1.[Na+]. The molecule has 2 aromatic carbocycles. The molecule has 110 valence electrons. The Balaban J connectivity index is 0.00000176. The van der Waals surface area contributed by atoms with Crippen LogP contribution >= 0.6 is 0 Å². The number of ether oxygens (including phenoxy) is 1. The average Bonchev–Trinajstić information content (AvgIpc) is 2.56. The summed E-state index contributed by atoms with van der Waals surface area (Å²) in [7, 11) is -2.50. The molecule has 0 radical (unpaired) electrons. The minimum Gasteiger partial charge on any atom is -0.830 e. The van der Waals surface area contributed by atoms with Gasteiger partial charge in [-0.15, -0.1) is 0 Å². The van der Waals surface area contributed by atoms with E-state index in [0.717, 1.165) is 23.2 Å². The molecule has 1 aliphatic rings. The molecule has 1 unspecified atom stereocenters. The molecule has 3 rings (SSSR count). The van der Waals surface area contributed by atoms with Crippen LogP contribution in [0.2, 0.25) is 6.55 Å². The molecule has 22 heavy (non-hydrogen) atoms. The second kappa shape index (κ2) is 7.43. The standard InChI is InChI=1S/C18H21O2Si.Na/c1-21(16-10-4-2-5-11-16,17-12-6-3-7-13-17)18(19)14-8-9-15-20-18;/h2-7,10-13H,8-9,14-15H2,1H3;/q-1;+1. The maximum atomic E-state index is 13.6. The van der Waals surface area contributed by atoms with Crippen molar-refractivity contribution in [2.45, 2.75) is 31.2 Å². The van der Waals surface area contributed by atoms with Gasteiger partial charge in [-0.3, -0.25) is 0 Å². The van der Waals surface area contributed by atoms with Crippen LogP contribution in [0.25, 0.3) is 0 Å². The Morgan fingerprint density at radius 1 is 0.909 bits per heavy atom. The largest absolute Gasteiger partial charge is 1.00 e. The van der Waals surface area contributed by atoms with E-state index in [1.807, 2.05) is 36.4 Å². The van der Waals surface area contributed by atoms with Crippen LogP contribution in [0.15, 0.2) is 60.7 Å². The predicted octanol–water partition coefficient (Wildman–Crippen LogP) is -1.32. The Labute approximate surface area is 155 Å². The summed E-state index contributed by atoms with van der Waals surface area (Å²) in [5.41, 5.74) is -1.27. The van der Waals surface area contributed by atoms with Crippen molar-refractivity contribution in [1.29, 1.82) is 0 Å². The zero-order valence-corrected chi connectivity index (χ0v) is 16.4. The van der Waals surface area contributed by atoms with Crippen LogP contribution in [0.1, 0.15) is 19.3 Å². The van der Waals surface area contributed by atoms with Gasteiger partial charge in [-0.05, 0) is 24.7 Å². The zero-order chi connectivity index (χ0) is 14.8. The van der Waals surface area contributed by atoms with Crippen molar-refractivity contribution in [3.05, 3.63) is 60.7 Å². The van der Waals surface area contributed by atoms with Crippen molar-refractivity contribution >= 4 is 18.4 Å². The van der Waals surface area contributed by atoms with Crippen LogP contribution in [0.3, 0.4) is 0 Å². The maximum absolute atomic E-state index is 13.6. The number of rotatable bonds is 3. The van der Waals surface area contributed by atoms with Crippen molar-refractivity contribution < 1.29 is 39.4 Å². The summed E-state index contributed by atoms with van der Waals surface area (Å²) in [5, 5.41) is 15.9. The summed E-state index contributed by atoms with van der Waals surface area (Å²) in [6.07, 6.45) is 2.57. The number of hydrogen-bond donors (Lipinski definition) is 0. The molecule has 2 nitrogen and oxygen atoms in total.